The highest BCUT2D eigenvalue weighted by molar-refractivity contribution is 6.36. The zero-order valence-corrected chi connectivity index (χ0v) is 7.51. The number of nitro benzene ring substituents is 1. The highest BCUT2D eigenvalue weighted by Crippen LogP contribution is 2.28. The summed E-state index contributed by atoms with van der Waals surface area (Å²) in [5.74, 6) is -0.0349. The maximum atomic E-state index is 10.3. The Bertz CT molecular complexity index is 358. The summed E-state index contributed by atoms with van der Waals surface area (Å²) in [6, 6.07) is 3.38. The molecule has 0 radical (unpaired) electrons. The minimum atomic E-state index is -2.01. The molecule has 2 N–H and O–H groups in total. The van der Waals surface area contributed by atoms with E-state index in [1.54, 1.807) is 0 Å². The lowest BCUT2D eigenvalue weighted by Crippen LogP contribution is -2.20. The Hall–Kier alpha value is -1.31. The number of hydrogen-bond acceptors (Lipinski definition) is 5. The van der Waals surface area contributed by atoms with Crippen LogP contribution in [-0.2, 0) is 0 Å². The number of benzene rings is 1. The molecular weight excluding hydrogens is 212 g/mol. The van der Waals surface area contributed by atoms with Crippen LogP contribution in [0.4, 0.5) is 5.69 Å². The first-order valence-corrected chi connectivity index (χ1v) is 3.85. The first-order chi connectivity index (χ1) is 6.50. The molecule has 0 spiro atoms. The summed E-state index contributed by atoms with van der Waals surface area (Å²) < 4.78 is 4.44. The van der Waals surface area contributed by atoms with Gasteiger partial charge in [0.25, 0.3) is 5.69 Å². The SMILES string of the molecule is O=[N+]([O-])c1ccc(OB(O)O)c(Cl)c1. The van der Waals surface area contributed by atoms with E-state index >= 15 is 0 Å². The topological polar surface area (TPSA) is 92.8 Å². The molecule has 0 heterocycles. The van der Waals surface area contributed by atoms with Crippen LogP contribution < -0.4 is 4.65 Å². The molecule has 74 valence electrons. The van der Waals surface area contributed by atoms with Gasteiger partial charge in [-0.15, -0.1) is 0 Å². The predicted octanol–water partition coefficient (Wildman–Crippen LogP) is 0.596. The van der Waals surface area contributed by atoms with Gasteiger partial charge >= 0.3 is 7.32 Å². The van der Waals surface area contributed by atoms with Crippen LogP contribution in [0.1, 0.15) is 0 Å². The van der Waals surface area contributed by atoms with Crippen LogP contribution >= 0.6 is 11.6 Å². The summed E-state index contributed by atoms with van der Waals surface area (Å²) in [5, 5.41) is 27.1. The van der Waals surface area contributed by atoms with E-state index in [0.717, 1.165) is 12.1 Å². The molecule has 1 rings (SSSR count). The highest BCUT2D eigenvalue weighted by Gasteiger charge is 2.16. The zero-order valence-electron chi connectivity index (χ0n) is 6.75. The van der Waals surface area contributed by atoms with E-state index in [1.807, 2.05) is 0 Å². The van der Waals surface area contributed by atoms with Crippen LogP contribution in [-0.4, -0.2) is 22.3 Å². The van der Waals surface area contributed by atoms with Crippen molar-refractivity contribution in [1.82, 2.24) is 0 Å². The molecule has 0 unspecified atom stereocenters. The minimum absolute atomic E-state index is 0.0349. The van der Waals surface area contributed by atoms with Crippen LogP contribution in [0, 0.1) is 10.1 Å². The Morgan fingerprint density at radius 1 is 1.50 bits per heavy atom. The van der Waals surface area contributed by atoms with E-state index in [1.165, 1.54) is 6.07 Å². The lowest BCUT2D eigenvalue weighted by molar-refractivity contribution is -0.384. The Morgan fingerprint density at radius 2 is 2.14 bits per heavy atom. The summed E-state index contributed by atoms with van der Waals surface area (Å²) in [5.41, 5.74) is -0.199. The molecule has 0 amide bonds. The lowest BCUT2D eigenvalue weighted by Gasteiger charge is -2.05. The van der Waals surface area contributed by atoms with Crippen LogP contribution in [0.15, 0.2) is 18.2 Å². The van der Waals surface area contributed by atoms with Gasteiger partial charge in [0.15, 0.2) is 0 Å². The van der Waals surface area contributed by atoms with E-state index in [-0.39, 0.29) is 16.5 Å². The maximum Gasteiger partial charge on any atom is 0.707 e. The van der Waals surface area contributed by atoms with Crippen molar-refractivity contribution < 1.29 is 19.6 Å². The second-order valence-electron chi connectivity index (χ2n) is 2.32. The van der Waals surface area contributed by atoms with Gasteiger partial charge < -0.3 is 14.7 Å². The number of halogens is 1. The normalized spacial score (nSPS) is 9.64. The van der Waals surface area contributed by atoms with Crippen LogP contribution in [0.25, 0.3) is 0 Å². The van der Waals surface area contributed by atoms with Gasteiger partial charge in [-0.2, -0.15) is 0 Å². The van der Waals surface area contributed by atoms with E-state index in [2.05, 4.69) is 4.65 Å². The highest BCUT2D eigenvalue weighted by atomic mass is 35.5. The van der Waals surface area contributed by atoms with E-state index < -0.39 is 12.2 Å². The molecule has 0 aliphatic rings. The maximum absolute atomic E-state index is 10.3. The molecule has 0 aliphatic heterocycles. The molecule has 8 heteroatoms. The summed E-state index contributed by atoms with van der Waals surface area (Å²) >= 11 is 5.57. The van der Waals surface area contributed by atoms with Gasteiger partial charge in [0.2, 0.25) is 0 Å². The smallest absolute Gasteiger partial charge is 0.511 e. The van der Waals surface area contributed by atoms with E-state index in [0.29, 0.717) is 0 Å². The quantitative estimate of drug-likeness (QED) is 0.439. The van der Waals surface area contributed by atoms with Crippen LogP contribution in [0.5, 0.6) is 5.75 Å². The fourth-order valence-electron chi connectivity index (χ4n) is 0.812. The third-order valence-corrected chi connectivity index (χ3v) is 1.65. The molecule has 1 aromatic rings. The molecule has 1 aromatic carbocycles. The van der Waals surface area contributed by atoms with Gasteiger partial charge in [0, 0.05) is 12.1 Å². The number of rotatable bonds is 3. The molecular formula is C6H5BClNO5. The van der Waals surface area contributed by atoms with E-state index in [4.69, 9.17) is 21.6 Å². The molecule has 6 nitrogen and oxygen atoms in total. The van der Waals surface area contributed by atoms with Gasteiger partial charge in [-0.3, -0.25) is 10.1 Å². The number of nitrogens with zero attached hydrogens (tertiary/aromatic N) is 1. The Balaban J connectivity index is 2.95. The van der Waals surface area contributed by atoms with Crippen molar-refractivity contribution in [3.63, 3.8) is 0 Å². The second-order valence-corrected chi connectivity index (χ2v) is 2.72. The molecule has 14 heavy (non-hydrogen) atoms. The van der Waals surface area contributed by atoms with Gasteiger partial charge in [0.1, 0.15) is 5.75 Å². The third kappa shape index (κ3) is 2.59. The largest absolute Gasteiger partial charge is 0.707 e. The number of non-ortho nitro benzene ring substituents is 1. The molecule has 0 aliphatic carbocycles. The average Bonchev–Trinajstić information content (AvgIpc) is 2.07. The third-order valence-electron chi connectivity index (χ3n) is 1.36. The fourth-order valence-corrected chi connectivity index (χ4v) is 1.03. The molecule has 0 bridgehead atoms. The molecule has 0 fully saturated rings. The van der Waals surface area contributed by atoms with Crippen molar-refractivity contribution in [2.24, 2.45) is 0 Å². The monoisotopic (exact) mass is 217 g/mol. The summed E-state index contributed by atoms with van der Waals surface area (Å²) in [4.78, 5) is 9.67. The number of nitro groups is 1. The van der Waals surface area contributed by atoms with Crippen LogP contribution in [0.3, 0.4) is 0 Å². The molecule has 0 aromatic heterocycles. The zero-order chi connectivity index (χ0) is 10.7. The lowest BCUT2D eigenvalue weighted by atomic mass is 10.2. The van der Waals surface area contributed by atoms with Crippen molar-refractivity contribution in [1.29, 1.82) is 0 Å². The fraction of sp³-hybridized carbons (Fsp3) is 0. The minimum Gasteiger partial charge on any atom is -0.511 e. The first kappa shape index (κ1) is 10.8. The Morgan fingerprint density at radius 3 is 2.57 bits per heavy atom. The summed E-state index contributed by atoms with van der Waals surface area (Å²) in [6.07, 6.45) is 0. The Kier molecular flexibility index (Phi) is 3.29. The first-order valence-electron chi connectivity index (χ1n) is 3.47. The van der Waals surface area contributed by atoms with Crippen molar-refractivity contribution in [2.75, 3.05) is 0 Å². The number of hydrogen-bond donors (Lipinski definition) is 2. The standard InChI is InChI=1S/C6H5BClNO5/c8-5-3-4(9(12)13)1-2-6(5)14-7(10)11/h1-3,10-11H. The van der Waals surface area contributed by atoms with Gasteiger partial charge in [-0.25, -0.2) is 0 Å². The van der Waals surface area contributed by atoms with Crippen molar-refractivity contribution >= 4 is 24.6 Å². The molecule has 0 saturated heterocycles. The van der Waals surface area contributed by atoms with Crippen molar-refractivity contribution in [3.8, 4) is 5.75 Å². The van der Waals surface area contributed by atoms with Crippen molar-refractivity contribution in [2.45, 2.75) is 0 Å². The van der Waals surface area contributed by atoms with Crippen LogP contribution in [0.2, 0.25) is 5.02 Å². The van der Waals surface area contributed by atoms with E-state index in [9.17, 15) is 10.1 Å². The Labute approximate surface area is 84.0 Å². The summed E-state index contributed by atoms with van der Waals surface area (Å²) in [7, 11) is -2.01. The average molecular weight is 217 g/mol. The summed E-state index contributed by atoms with van der Waals surface area (Å²) in [6.45, 7) is 0. The second kappa shape index (κ2) is 4.27. The molecule has 0 saturated carbocycles. The molecule has 0 atom stereocenters. The predicted molar refractivity (Wildman–Crippen MR) is 48.9 cm³/mol. The van der Waals surface area contributed by atoms with Gasteiger partial charge in [0.05, 0.1) is 9.95 Å². The van der Waals surface area contributed by atoms with Crippen molar-refractivity contribution in [3.05, 3.63) is 33.3 Å². The van der Waals surface area contributed by atoms with Gasteiger partial charge in [-0.1, -0.05) is 11.6 Å². The van der Waals surface area contributed by atoms with Gasteiger partial charge in [-0.05, 0) is 6.07 Å².